The van der Waals surface area contributed by atoms with Crippen LogP contribution >= 0.6 is 0 Å². The van der Waals surface area contributed by atoms with Crippen molar-refractivity contribution in [3.8, 4) is 0 Å². The third kappa shape index (κ3) is 3.46. The maximum absolute atomic E-state index is 11.8. The van der Waals surface area contributed by atoms with E-state index >= 15 is 0 Å². The van der Waals surface area contributed by atoms with Crippen LogP contribution in [0.2, 0.25) is 0 Å². The Kier molecular flexibility index (Phi) is 4.70. The van der Waals surface area contributed by atoms with E-state index in [-0.39, 0.29) is 18.4 Å². The topological polar surface area (TPSA) is 86.9 Å². The molecular formula is C10H19N3O3. The van der Waals surface area contributed by atoms with E-state index in [0.29, 0.717) is 32.7 Å². The first kappa shape index (κ1) is 12.9. The van der Waals surface area contributed by atoms with Crippen molar-refractivity contribution in [2.24, 2.45) is 11.7 Å². The van der Waals surface area contributed by atoms with Gasteiger partial charge in [-0.2, -0.15) is 0 Å². The Bertz CT molecular complexity index is 262. The molecule has 1 fully saturated rings. The number of nitrogens with two attached hydrogens (primary N) is 1. The molecule has 1 saturated heterocycles. The Labute approximate surface area is 95.0 Å². The molecule has 1 amide bonds. The fourth-order valence-corrected chi connectivity index (χ4v) is 1.73. The smallest absolute Gasteiger partial charge is 0.317 e. The van der Waals surface area contributed by atoms with Crippen molar-refractivity contribution in [3.63, 3.8) is 0 Å². The summed E-state index contributed by atoms with van der Waals surface area (Å²) in [5.74, 6) is -0.904. The number of aliphatic carboxylic acids is 1. The van der Waals surface area contributed by atoms with Crippen LogP contribution in [-0.4, -0.2) is 66.1 Å². The Hall–Kier alpha value is -1.14. The molecule has 0 radical (unpaired) electrons. The van der Waals surface area contributed by atoms with Crippen molar-refractivity contribution in [1.29, 1.82) is 0 Å². The summed E-state index contributed by atoms with van der Waals surface area (Å²) in [5.41, 5.74) is 5.44. The van der Waals surface area contributed by atoms with Gasteiger partial charge < -0.3 is 15.7 Å². The molecule has 1 unspecified atom stereocenters. The van der Waals surface area contributed by atoms with Crippen molar-refractivity contribution in [1.82, 2.24) is 9.80 Å². The number of nitrogens with zero attached hydrogens (tertiary/aromatic N) is 2. The molecule has 0 aromatic heterocycles. The van der Waals surface area contributed by atoms with E-state index in [1.54, 1.807) is 4.90 Å². The van der Waals surface area contributed by atoms with E-state index in [4.69, 9.17) is 10.8 Å². The molecule has 0 aromatic carbocycles. The van der Waals surface area contributed by atoms with Crippen LogP contribution in [0.4, 0.5) is 0 Å². The number of carboxylic acids is 1. The highest BCUT2D eigenvalue weighted by Gasteiger charge is 2.24. The van der Waals surface area contributed by atoms with Gasteiger partial charge in [0, 0.05) is 38.6 Å². The predicted octanol–water partition coefficient (Wildman–Crippen LogP) is -1.19. The second-order valence-electron chi connectivity index (χ2n) is 4.13. The summed E-state index contributed by atoms with van der Waals surface area (Å²) in [7, 11) is 0. The first-order chi connectivity index (χ1) is 7.54. The lowest BCUT2D eigenvalue weighted by atomic mass is 10.1. The van der Waals surface area contributed by atoms with Crippen LogP contribution in [-0.2, 0) is 9.59 Å². The van der Waals surface area contributed by atoms with E-state index in [9.17, 15) is 9.59 Å². The van der Waals surface area contributed by atoms with Gasteiger partial charge in [0.2, 0.25) is 5.91 Å². The van der Waals surface area contributed by atoms with Crippen LogP contribution < -0.4 is 5.73 Å². The van der Waals surface area contributed by atoms with E-state index in [2.05, 4.69) is 0 Å². The minimum atomic E-state index is -0.824. The highest BCUT2D eigenvalue weighted by atomic mass is 16.4. The normalized spacial score (nSPS) is 19.5. The van der Waals surface area contributed by atoms with Crippen LogP contribution in [0.3, 0.4) is 0 Å². The summed E-state index contributed by atoms with van der Waals surface area (Å²) in [6, 6.07) is 0. The van der Waals surface area contributed by atoms with Crippen molar-refractivity contribution in [2.45, 2.75) is 6.92 Å². The molecule has 0 spiro atoms. The zero-order chi connectivity index (χ0) is 12.1. The molecule has 92 valence electrons. The molecule has 6 heteroatoms. The second kappa shape index (κ2) is 5.81. The van der Waals surface area contributed by atoms with Gasteiger partial charge in [0.15, 0.2) is 0 Å². The van der Waals surface area contributed by atoms with Gasteiger partial charge in [0.1, 0.15) is 0 Å². The molecular weight excluding hydrogens is 210 g/mol. The molecule has 0 bridgehead atoms. The quantitative estimate of drug-likeness (QED) is 0.633. The lowest BCUT2D eigenvalue weighted by molar-refractivity contribution is -0.140. The van der Waals surface area contributed by atoms with Crippen molar-refractivity contribution < 1.29 is 14.7 Å². The zero-order valence-electron chi connectivity index (χ0n) is 9.56. The average molecular weight is 229 g/mol. The molecule has 3 N–H and O–H groups in total. The standard InChI is InChI=1S/C10H19N3O3/c1-8(6-11)10(16)13-4-2-12(3-5-13)7-9(14)15/h8H,2-7,11H2,1H3,(H,14,15). The van der Waals surface area contributed by atoms with Gasteiger partial charge in [-0.15, -0.1) is 0 Å². The van der Waals surface area contributed by atoms with Gasteiger partial charge in [-0.05, 0) is 0 Å². The summed E-state index contributed by atoms with van der Waals surface area (Å²) in [6.07, 6.45) is 0. The van der Waals surface area contributed by atoms with E-state index < -0.39 is 5.97 Å². The van der Waals surface area contributed by atoms with Crippen LogP contribution in [0.15, 0.2) is 0 Å². The third-order valence-corrected chi connectivity index (χ3v) is 2.82. The Morgan fingerprint density at radius 2 is 1.88 bits per heavy atom. The first-order valence-electron chi connectivity index (χ1n) is 5.47. The van der Waals surface area contributed by atoms with Gasteiger partial charge in [0.05, 0.1) is 6.54 Å². The average Bonchev–Trinajstić information content (AvgIpc) is 2.27. The van der Waals surface area contributed by atoms with Crippen LogP contribution in [0.5, 0.6) is 0 Å². The highest BCUT2D eigenvalue weighted by Crippen LogP contribution is 2.06. The van der Waals surface area contributed by atoms with E-state index in [1.807, 2.05) is 11.8 Å². The van der Waals surface area contributed by atoms with Crippen molar-refractivity contribution in [3.05, 3.63) is 0 Å². The number of carboxylic acid groups (broad SMARTS) is 1. The van der Waals surface area contributed by atoms with Crippen LogP contribution in [0.25, 0.3) is 0 Å². The SMILES string of the molecule is CC(CN)C(=O)N1CCN(CC(=O)O)CC1. The number of hydrogen-bond acceptors (Lipinski definition) is 4. The first-order valence-corrected chi connectivity index (χ1v) is 5.47. The largest absolute Gasteiger partial charge is 0.480 e. The number of rotatable bonds is 4. The number of carbonyl (C=O) groups is 2. The fourth-order valence-electron chi connectivity index (χ4n) is 1.73. The molecule has 0 aromatic rings. The van der Waals surface area contributed by atoms with Crippen molar-refractivity contribution >= 4 is 11.9 Å². The minimum Gasteiger partial charge on any atom is -0.480 e. The van der Waals surface area contributed by atoms with Crippen molar-refractivity contribution in [2.75, 3.05) is 39.3 Å². The molecule has 1 aliphatic rings. The summed E-state index contributed by atoms with van der Waals surface area (Å²) in [6.45, 7) is 4.65. The van der Waals surface area contributed by atoms with Gasteiger partial charge in [0.25, 0.3) is 0 Å². The maximum Gasteiger partial charge on any atom is 0.317 e. The lowest BCUT2D eigenvalue weighted by Gasteiger charge is -2.35. The third-order valence-electron chi connectivity index (χ3n) is 2.82. The second-order valence-corrected chi connectivity index (χ2v) is 4.13. The predicted molar refractivity (Wildman–Crippen MR) is 58.9 cm³/mol. The summed E-state index contributed by atoms with van der Waals surface area (Å²) >= 11 is 0. The minimum absolute atomic E-state index is 0.0501. The molecule has 0 saturated carbocycles. The zero-order valence-corrected chi connectivity index (χ0v) is 9.56. The summed E-state index contributed by atoms with van der Waals surface area (Å²) in [5, 5.41) is 8.63. The summed E-state index contributed by atoms with van der Waals surface area (Å²) < 4.78 is 0. The number of piperazine rings is 1. The molecule has 6 nitrogen and oxygen atoms in total. The number of amides is 1. The molecule has 1 aliphatic heterocycles. The number of carbonyl (C=O) groups excluding carboxylic acids is 1. The van der Waals surface area contributed by atoms with Gasteiger partial charge in [-0.1, -0.05) is 6.92 Å². The van der Waals surface area contributed by atoms with E-state index in [1.165, 1.54) is 0 Å². The fraction of sp³-hybridized carbons (Fsp3) is 0.800. The van der Waals surface area contributed by atoms with E-state index in [0.717, 1.165) is 0 Å². The molecule has 16 heavy (non-hydrogen) atoms. The van der Waals surface area contributed by atoms with Gasteiger partial charge in [-0.25, -0.2) is 0 Å². The lowest BCUT2D eigenvalue weighted by Crippen LogP contribution is -2.51. The Morgan fingerprint density at radius 1 is 1.31 bits per heavy atom. The van der Waals surface area contributed by atoms with Gasteiger partial charge in [-0.3, -0.25) is 14.5 Å². The Balaban J connectivity index is 2.37. The number of hydrogen-bond donors (Lipinski definition) is 2. The van der Waals surface area contributed by atoms with Crippen LogP contribution in [0, 0.1) is 5.92 Å². The summed E-state index contributed by atoms with van der Waals surface area (Å²) in [4.78, 5) is 25.9. The Morgan fingerprint density at radius 3 is 2.31 bits per heavy atom. The monoisotopic (exact) mass is 229 g/mol. The molecule has 1 atom stereocenters. The highest BCUT2D eigenvalue weighted by molar-refractivity contribution is 5.78. The molecule has 1 heterocycles. The molecule has 1 rings (SSSR count). The van der Waals surface area contributed by atoms with Gasteiger partial charge >= 0.3 is 5.97 Å². The molecule has 0 aliphatic carbocycles. The van der Waals surface area contributed by atoms with Crippen LogP contribution in [0.1, 0.15) is 6.92 Å². The maximum atomic E-state index is 11.8.